The van der Waals surface area contributed by atoms with Gasteiger partial charge in [0.15, 0.2) is 0 Å². The van der Waals surface area contributed by atoms with E-state index < -0.39 is 10.0 Å². The first-order valence-corrected chi connectivity index (χ1v) is 8.32. The molecule has 110 valence electrons. The third-order valence-corrected chi connectivity index (χ3v) is 5.51. The Morgan fingerprint density at radius 1 is 1.20 bits per heavy atom. The first kappa shape index (κ1) is 13.9. The molecule has 2 heterocycles. The Balaban J connectivity index is 1.91. The second-order valence-electron chi connectivity index (χ2n) is 5.45. The summed E-state index contributed by atoms with van der Waals surface area (Å²) in [6.07, 6.45) is 0.617. The van der Waals surface area contributed by atoms with E-state index in [1.165, 1.54) is 4.31 Å². The lowest BCUT2D eigenvalue weighted by Crippen LogP contribution is -2.48. The molecule has 2 aliphatic rings. The summed E-state index contributed by atoms with van der Waals surface area (Å²) in [6, 6.07) is 5.12. The zero-order valence-electron chi connectivity index (χ0n) is 11.7. The van der Waals surface area contributed by atoms with Gasteiger partial charge in [-0.25, -0.2) is 8.42 Å². The van der Waals surface area contributed by atoms with Gasteiger partial charge in [0.1, 0.15) is 5.75 Å². The second-order valence-corrected chi connectivity index (χ2v) is 7.39. The zero-order chi connectivity index (χ0) is 14.3. The van der Waals surface area contributed by atoms with Crippen LogP contribution >= 0.6 is 0 Å². The van der Waals surface area contributed by atoms with Crippen molar-refractivity contribution in [3.63, 3.8) is 0 Å². The lowest BCUT2D eigenvalue weighted by molar-refractivity contribution is -0.0440. The molecule has 5 nitrogen and oxygen atoms in total. The molecular weight excluding hydrogens is 278 g/mol. The number of benzene rings is 1. The van der Waals surface area contributed by atoms with Crippen molar-refractivity contribution < 1.29 is 17.9 Å². The van der Waals surface area contributed by atoms with Crippen LogP contribution in [0.25, 0.3) is 0 Å². The molecule has 1 aromatic rings. The van der Waals surface area contributed by atoms with Gasteiger partial charge >= 0.3 is 0 Å². The number of rotatable bonds is 2. The van der Waals surface area contributed by atoms with Gasteiger partial charge in [-0.3, -0.25) is 0 Å². The highest BCUT2D eigenvalue weighted by atomic mass is 32.2. The van der Waals surface area contributed by atoms with E-state index in [-0.39, 0.29) is 12.2 Å². The average Bonchev–Trinajstić information content (AvgIpc) is 2.84. The Bertz CT molecular complexity index is 604. The van der Waals surface area contributed by atoms with Crippen molar-refractivity contribution in [2.45, 2.75) is 37.4 Å². The summed E-state index contributed by atoms with van der Waals surface area (Å²) in [5.41, 5.74) is 0.973. The number of hydrogen-bond donors (Lipinski definition) is 0. The minimum absolute atomic E-state index is 0.0775. The first-order chi connectivity index (χ1) is 9.46. The number of morpholine rings is 1. The molecule has 1 fully saturated rings. The fourth-order valence-electron chi connectivity index (χ4n) is 2.80. The highest BCUT2D eigenvalue weighted by Gasteiger charge is 2.32. The van der Waals surface area contributed by atoms with Gasteiger partial charge in [0.2, 0.25) is 10.0 Å². The topological polar surface area (TPSA) is 55.8 Å². The van der Waals surface area contributed by atoms with E-state index in [9.17, 15) is 8.42 Å². The molecular formula is C14H19NO4S. The van der Waals surface area contributed by atoms with Crippen molar-refractivity contribution in [1.29, 1.82) is 0 Å². The Hall–Kier alpha value is -1.11. The van der Waals surface area contributed by atoms with Crippen LogP contribution in [-0.4, -0.2) is 44.6 Å². The Labute approximate surface area is 119 Å². The van der Waals surface area contributed by atoms with Crippen LogP contribution in [0.1, 0.15) is 19.4 Å². The van der Waals surface area contributed by atoms with Crippen molar-refractivity contribution in [3.05, 3.63) is 23.8 Å². The molecule has 0 N–H and O–H groups in total. The summed E-state index contributed by atoms with van der Waals surface area (Å²) >= 11 is 0. The Morgan fingerprint density at radius 3 is 2.60 bits per heavy atom. The molecule has 0 amide bonds. The van der Waals surface area contributed by atoms with E-state index in [0.717, 1.165) is 17.7 Å². The van der Waals surface area contributed by atoms with Crippen LogP contribution in [0.2, 0.25) is 0 Å². The SMILES string of the molecule is CC1CN(S(=O)(=O)c2ccc3c(c2)CCO3)CC(C)O1. The lowest BCUT2D eigenvalue weighted by atomic mass is 10.2. The van der Waals surface area contributed by atoms with Gasteiger partial charge in [-0.1, -0.05) is 0 Å². The largest absolute Gasteiger partial charge is 0.493 e. The maximum absolute atomic E-state index is 12.7. The number of sulfonamides is 1. The van der Waals surface area contributed by atoms with E-state index in [1.54, 1.807) is 18.2 Å². The van der Waals surface area contributed by atoms with Crippen molar-refractivity contribution in [2.75, 3.05) is 19.7 Å². The van der Waals surface area contributed by atoms with Crippen molar-refractivity contribution >= 4 is 10.0 Å². The predicted octanol–water partition coefficient (Wildman–Crippen LogP) is 1.42. The van der Waals surface area contributed by atoms with E-state index in [1.807, 2.05) is 13.8 Å². The molecule has 0 radical (unpaired) electrons. The number of fused-ring (bicyclic) bond motifs is 1. The number of ether oxygens (including phenoxy) is 2. The van der Waals surface area contributed by atoms with Crippen molar-refractivity contribution in [1.82, 2.24) is 4.31 Å². The smallest absolute Gasteiger partial charge is 0.243 e. The van der Waals surface area contributed by atoms with Gasteiger partial charge in [-0.15, -0.1) is 0 Å². The van der Waals surface area contributed by atoms with E-state index in [0.29, 0.717) is 24.6 Å². The number of hydrogen-bond acceptors (Lipinski definition) is 4. The summed E-state index contributed by atoms with van der Waals surface area (Å²) in [6.45, 7) is 5.23. The second kappa shape index (κ2) is 5.02. The zero-order valence-corrected chi connectivity index (χ0v) is 12.5. The van der Waals surface area contributed by atoms with Gasteiger partial charge in [-0.2, -0.15) is 4.31 Å². The molecule has 2 unspecified atom stereocenters. The molecule has 3 rings (SSSR count). The van der Waals surface area contributed by atoms with Crippen LogP contribution < -0.4 is 4.74 Å². The van der Waals surface area contributed by atoms with E-state index in [2.05, 4.69) is 0 Å². The summed E-state index contributed by atoms with van der Waals surface area (Å²) in [7, 11) is -3.45. The van der Waals surface area contributed by atoms with E-state index >= 15 is 0 Å². The fourth-order valence-corrected chi connectivity index (χ4v) is 4.44. The maximum Gasteiger partial charge on any atom is 0.243 e. The molecule has 20 heavy (non-hydrogen) atoms. The Kier molecular flexibility index (Phi) is 3.48. The standard InChI is InChI=1S/C14H19NO4S/c1-10-8-15(9-11(2)19-10)20(16,17)13-3-4-14-12(7-13)5-6-18-14/h3-4,7,10-11H,5-6,8-9H2,1-2H3. The molecule has 2 atom stereocenters. The monoisotopic (exact) mass is 297 g/mol. The van der Waals surface area contributed by atoms with Gasteiger partial charge in [0.05, 0.1) is 23.7 Å². The highest BCUT2D eigenvalue weighted by Crippen LogP contribution is 2.29. The predicted molar refractivity (Wildman–Crippen MR) is 74.4 cm³/mol. The third-order valence-electron chi connectivity index (χ3n) is 3.68. The lowest BCUT2D eigenvalue weighted by Gasteiger charge is -2.34. The highest BCUT2D eigenvalue weighted by molar-refractivity contribution is 7.89. The molecule has 0 spiro atoms. The molecule has 6 heteroatoms. The van der Waals surface area contributed by atoms with Crippen LogP contribution in [0.5, 0.6) is 5.75 Å². The summed E-state index contributed by atoms with van der Waals surface area (Å²) in [4.78, 5) is 0.350. The van der Waals surface area contributed by atoms with Crippen molar-refractivity contribution in [3.8, 4) is 5.75 Å². The molecule has 2 aliphatic heterocycles. The van der Waals surface area contributed by atoms with Gasteiger partial charge in [0.25, 0.3) is 0 Å². The summed E-state index contributed by atoms with van der Waals surface area (Å²) in [5.74, 6) is 0.799. The van der Waals surface area contributed by atoms with E-state index in [4.69, 9.17) is 9.47 Å². The maximum atomic E-state index is 12.7. The molecule has 1 saturated heterocycles. The van der Waals surface area contributed by atoms with Gasteiger partial charge in [-0.05, 0) is 37.6 Å². The minimum Gasteiger partial charge on any atom is -0.493 e. The minimum atomic E-state index is -3.45. The molecule has 0 aliphatic carbocycles. The van der Waals surface area contributed by atoms with Crippen molar-refractivity contribution in [2.24, 2.45) is 0 Å². The number of nitrogens with zero attached hydrogens (tertiary/aromatic N) is 1. The van der Waals surface area contributed by atoms with Gasteiger partial charge in [0, 0.05) is 19.5 Å². The quantitative estimate of drug-likeness (QED) is 0.828. The van der Waals surface area contributed by atoms with Crippen LogP contribution in [0.15, 0.2) is 23.1 Å². The fraction of sp³-hybridized carbons (Fsp3) is 0.571. The molecule has 0 bridgehead atoms. The van der Waals surface area contributed by atoms with Crippen LogP contribution in [0.4, 0.5) is 0 Å². The average molecular weight is 297 g/mol. The first-order valence-electron chi connectivity index (χ1n) is 6.88. The normalized spacial score (nSPS) is 27.1. The van der Waals surface area contributed by atoms with Crippen LogP contribution in [0, 0.1) is 0 Å². The van der Waals surface area contributed by atoms with Crippen LogP contribution in [0.3, 0.4) is 0 Å². The Morgan fingerprint density at radius 2 is 1.90 bits per heavy atom. The summed E-state index contributed by atoms with van der Waals surface area (Å²) in [5, 5.41) is 0. The summed E-state index contributed by atoms with van der Waals surface area (Å²) < 4.78 is 37.9. The molecule has 1 aromatic carbocycles. The van der Waals surface area contributed by atoms with Crippen LogP contribution in [-0.2, 0) is 21.2 Å². The molecule has 0 aromatic heterocycles. The van der Waals surface area contributed by atoms with Gasteiger partial charge < -0.3 is 9.47 Å². The molecule has 0 saturated carbocycles. The third kappa shape index (κ3) is 2.43.